The summed E-state index contributed by atoms with van der Waals surface area (Å²) >= 11 is 0. The van der Waals surface area contributed by atoms with Crippen molar-refractivity contribution < 1.29 is 4.79 Å². The Morgan fingerprint density at radius 1 is 1.25 bits per heavy atom. The number of hydrogen-bond acceptors (Lipinski definition) is 3. The van der Waals surface area contributed by atoms with E-state index in [0.29, 0.717) is 5.56 Å². The Kier molecular flexibility index (Phi) is 4.03. The first-order valence-corrected chi connectivity index (χ1v) is 6.52. The molecule has 2 rings (SSSR count). The van der Waals surface area contributed by atoms with Crippen LogP contribution in [0, 0.1) is 13.8 Å². The molecule has 0 aliphatic carbocycles. The second kappa shape index (κ2) is 5.74. The summed E-state index contributed by atoms with van der Waals surface area (Å²) in [5, 5.41) is 3.05. The van der Waals surface area contributed by atoms with Crippen LogP contribution in [0.3, 0.4) is 0 Å². The molecule has 4 nitrogen and oxygen atoms in total. The van der Waals surface area contributed by atoms with Gasteiger partial charge in [0.1, 0.15) is 0 Å². The van der Waals surface area contributed by atoms with Crippen LogP contribution in [0.2, 0.25) is 0 Å². The molecule has 0 atom stereocenters. The summed E-state index contributed by atoms with van der Waals surface area (Å²) in [5.41, 5.74) is 4.21. The molecule has 0 spiro atoms. The Morgan fingerprint density at radius 3 is 2.60 bits per heavy atom. The molecular formula is C16H19N3O. The van der Waals surface area contributed by atoms with Crippen molar-refractivity contribution in [2.24, 2.45) is 0 Å². The van der Waals surface area contributed by atoms with Crippen LogP contribution in [0.25, 0.3) is 0 Å². The zero-order chi connectivity index (χ0) is 14.7. The fraction of sp³-hybridized carbons (Fsp3) is 0.250. The topological polar surface area (TPSA) is 45.2 Å². The van der Waals surface area contributed by atoms with Crippen LogP contribution in [-0.4, -0.2) is 25.0 Å². The number of rotatable bonds is 3. The largest absolute Gasteiger partial charge is 0.387 e. The van der Waals surface area contributed by atoms with Gasteiger partial charge in [-0.3, -0.25) is 9.78 Å². The molecule has 1 aromatic carbocycles. The smallest absolute Gasteiger partial charge is 0.261 e. The van der Waals surface area contributed by atoms with Crippen LogP contribution in [0.5, 0.6) is 0 Å². The number of carbonyl (C=O) groups is 1. The summed E-state index contributed by atoms with van der Waals surface area (Å²) in [7, 11) is 3.59. The Balaban J connectivity index is 2.39. The molecule has 104 valence electrons. The average molecular weight is 269 g/mol. The van der Waals surface area contributed by atoms with E-state index in [1.54, 1.807) is 25.2 Å². The van der Waals surface area contributed by atoms with Crippen molar-refractivity contribution in [3.05, 3.63) is 53.3 Å². The summed E-state index contributed by atoms with van der Waals surface area (Å²) in [6.07, 6.45) is 1.62. The fourth-order valence-electron chi connectivity index (χ4n) is 2.17. The van der Waals surface area contributed by atoms with E-state index in [4.69, 9.17) is 0 Å². The molecule has 0 saturated carbocycles. The van der Waals surface area contributed by atoms with Crippen molar-refractivity contribution in [1.82, 2.24) is 4.98 Å². The van der Waals surface area contributed by atoms with Gasteiger partial charge in [-0.15, -0.1) is 0 Å². The highest BCUT2D eigenvalue weighted by Gasteiger charge is 2.18. The maximum absolute atomic E-state index is 12.6. The summed E-state index contributed by atoms with van der Waals surface area (Å²) in [6, 6.07) is 9.69. The number of aromatic nitrogens is 1. The SMILES string of the molecule is CNc1cc(C)ncc1C(=O)N(C)c1ccccc1C. The van der Waals surface area contributed by atoms with Gasteiger partial charge in [0.05, 0.1) is 11.3 Å². The van der Waals surface area contributed by atoms with E-state index >= 15 is 0 Å². The van der Waals surface area contributed by atoms with E-state index in [1.807, 2.05) is 44.2 Å². The number of nitrogens with one attached hydrogen (secondary N) is 1. The number of nitrogens with zero attached hydrogens (tertiary/aromatic N) is 2. The third-order valence-electron chi connectivity index (χ3n) is 3.32. The maximum Gasteiger partial charge on any atom is 0.261 e. The second-order valence-electron chi connectivity index (χ2n) is 4.77. The minimum atomic E-state index is -0.0730. The van der Waals surface area contributed by atoms with Crippen molar-refractivity contribution in [2.45, 2.75) is 13.8 Å². The highest BCUT2D eigenvalue weighted by molar-refractivity contribution is 6.09. The third-order valence-corrected chi connectivity index (χ3v) is 3.32. The fourth-order valence-corrected chi connectivity index (χ4v) is 2.17. The summed E-state index contributed by atoms with van der Waals surface area (Å²) in [5.74, 6) is -0.0730. The Labute approximate surface area is 119 Å². The summed E-state index contributed by atoms with van der Waals surface area (Å²) in [6.45, 7) is 3.89. The van der Waals surface area contributed by atoms with Crippen LogP contribution in [0.15, 0.2) is 36.5 Å². The minimum Gasteiger partial charge on any atom is -0.387 e. The summed E-state index contributed by atoms with van der Waals surface area (Å²) < 4.78 is 0. The van der Waals surface area contributed by atoms with Crippen molar-refractivity contribution >= 4 is 17.3 Å². The van der Waals surface area contributed by atoms with E-state index < -0.39 is 0 Å². The molecular weight excluding hydrogens is 250 g/mol. The predicted octanol–water partition coefficient (Wildman–Crippen LogP) is 3.02. The molecule has 1 N–H and O–H groups in total. The first kappa shape index (κ1) is 14.1. The molecule has 0 aliphatic rings. The van der Waals surface area contributed by atoms with Crippen molar-refractivity contribution in [1.29, 1.82) is 0 Å². The number of hydrogen-bond donors (Lipinski definition) is 1. The number of carbonyl (C=O) groups excluding carboxylic acids is 1. The molecule has 1 heterocycles. The summed E-state index contributed by atoms with van der Waals surface area (Å²) in [4.78, 5) is 18.5. The van der Waals surface area contributed by atoms with E-state index in [9.17, 15) is 4.79 Å². The molecule has 4 heteroatoms. The predicted molar refractivity (Wildman–Crippen MR) is 82.4 cm³/mol. The van der Waals surface area contributed by atoms with E-state index in [0.717, 1.165) is 22.6 Å². The number of benzene rings is 1. The van der Waals surface area contributed by atoms with Gasteiger partial charge in [0, 0.05) is 31.7 Å². The second-order valence-corrected chi connectivity index (χ2v) is 4.77. The van der Waals surface area contributed by atoms with Crippen LogP contribution >= 0.6 is 0 Å². The highest BCUT2D eigenvalue weighted by atomic mass is 16.2. The van der Waals surface area contributed by atoms with Crippen LogP contribution in [-0.2, 0) is 0 Å². The first-order valence-electron chi connectivity index (χ1n) is 6.52. The van der Waals surface area contributed by atoms with Crippen LogP contribution < -0.4 is 10.2 Å². The number of pyridine rings is 1. The van der Waals surface area contributed by atoms with E-state index in [1.165, 1.54) is 0 Å². The van der Waals surface area contributed by atoms with Crippen LogP contribution in [0.4, 0.5) is 11.4 Å². The molecule has 0 fully saturated rings. The molecule has 1 aromatic heterocycles. The van der Waals surface area contributed by atoms with Gasteiger partial charge in [0.15, 0.2) is 0 Å². The maximum atomic E-state index is 12.6. The number of amides is 1. The zero-order valence-corrected chi connectivity index (χ0v) is 12.3. The average Bonchev–Trinajstić information content (AvgIpc) is 2.46. The minimum absolute atomic E-state index is 0.0730. The van der Waals surface area contributed by atoms with Crippen LogP contribution in [0.1, 0.15) is 21.6 Å². The van der Waals surface area contributed by atoms with Gasteiger partial charge in [0.2, 0.25) is 0 Å². The Morgan fingerprint density at radius 2 is 1.95 bits per heavy atom. The van der Waals surface area contributed by atoms with Gasteiger partial charge in [-0.1, -0.05) is 18.2 Å². The molecule has 2 aromatic rings. The lowest BCUT2D eigenvalue weighted by molar-refractivity contribution is 0.0993. The molecule has 20 heavy (non-hydrogen) atoms. The molecule has 0 saturated heterocycles. The van der Waals surface area contributed by atoms with Crippen molar-refractivity contribution in [3.63, 3.8) is 0 Å². The van der Waals surface area contributed by atoms with Gasteiger partial charge in [-0.05, 0) is 31.5 Å². The molecule has 0 radical (unpaired) electrons. The van der Waals surface area contributed by atoms with Crippen molar-refractivity contribution in [2.75, 3.05) is 24.3 Å². The van der Waals surface area contributed by atoms with Crippen molar-refractivity contribution in [3.8, 4) is 0 Å². The zero-order valence-electron chi connectivity index (χ0n) is 12.3. The highest BCUT2D eigenvalue weighted by Crippen LogP contribution is 2.23. The number of aryl methyl sites for hydroxylation is 2. The van der Waals surface area contributed by atoms with Gasteiger partial charge in [-0.2, -0.15) is 0 Å². The van der Waals surface area contributed by atoms with Gasteiger partial charge < -0.3 is 10.2 Å². The monoisotopic (exact) mass is 269 g/mol. The lowest BCUT2D eigenvalue weighted by Crippen LogP contribution is -2.27. The van der Waals surface area contributed by atoms with Gasteiger partial charge in [0.25, 0.3) is 5.91 Å². The number of anilines is 2. The van der Waals surface area contributed by atoms with Gasteiger partial charge in [-0.25, -0.2) is 0 Å². The van der Waals surface area contributed by atoms with Gasteiger partial charge >= 0.3 is 0 Å². The van der Waals surface area contributed by atoms with E-state index in [-0.39, 0.29) is 5.91 Å². The molecule has 0 bridgehead atoms. The first-order chi connectivity index (χ1) is 9.54. The quantitative estimate of drug-likeness (QED) is 0.931. The third kappa shape index (κ3) is 2.64. The van der Waals surface area contributed by atoms with E-state index in [2.05, 4.69) is 10.3 Å². The molecule has 1 amide bonds. The lowest BCUT2D eigenvalue weighted by atomic mass is 10.1. The number of para-hydroxylation sites is 1. The Hall–Kier alpha value is -2.36. The lowest BCUT2D eigenvalue weighted by Gasteiger charge is -2.20. The molecule has 0 aliphatic heterocycles. The Bertz CT molecular complexity index is 637. The standard InChI is InChI=1S/C16H19N3O/c1-11-7-5-6-8-15(11)19(4)16(20)13-10-18-12(2)9-14(13)17-3/h5-10H,1-4H3,(H,17,18). The molecule has 0 unspecified atom stereocenters. The normalized spacial score (nSPS) is 10.2.